The number of rotatable bonds is 4. The summed E-state index contributed by atoms with van der Waals surface area (Å²) in [6.07, 6.45) is 5.79. The quantitative estimate of drug-likeness (QED) is 0.842. The average Bonchev–Trinajstić information content (AvgIpc) is 2.33. The Hall–Kier alpha value is -1.20. The predicted octanol–water partition coefficient (Wildman–Crippen LogP) is 0.917. The minimum atomic E-state index is 0.470. The molecule has 0 amide bonds. The second-order valence-corrected chi connectivity index (χ2v) is 4.71. The number of hydrogen-bond acceptors (Lipinski definition) is 5. The molecule has 5 heteroatoms. The second-order valence-electron chi connectivity index (χ2n) is 4.71. The van der Waals surface area contributed by atoms with Crippen LogP contribution in [-0.2, 0) is 11.3 Å². The molecule has 1 atom stereocenters. The van der Waals surface area contributed by atoms with E-state index in [1.54, 1.807) is 12.4 Å². The molecule has 17 heavy (non-hydrogen) atoms. The molecule has 1 saturated heterocycles. The van der Waals surface area contributed by atoms with Crippen molar-refractivity contribution < 1.29 is 4.74 Å². The number of nitrogens with two attached hydrogens (primary N) is 1. The Kier molecular flexibility index (Phi) is 4.28. The summed E-state index contributed by atoms with van der Waals surface area (Å²) < 4.78 is 5.48. The van der Waals surface area contributed by atoms with Gasteiger partial charge in [0.05, 0.1) is 24.7 Å². The Morgan fingerprint density at radius 3 is 3.00 bits per heavy atom. The monoisotopic (exact) mass is 236 g/mol. The zero-order valence-corrected chi connectivity index (χ0v) is 10.3. The third-order valence-corrected chi connectivity index (χ3v) is 2.98. The predicted molar refractivity (Wildman–Crippen MR) is 66.3 cm³/mol. The molecule has 94 valence electrons. The molecule has 0 aliphatic carbocycles. The zero-order chi connectivity index (χ0) is 12.1. The first-order chi connectivity index (χ1) is 8.24. The highest BCUT2D eigenvalue weighted by molar-refractivity contribution is 5.22. The van der Waals surface area contributed by atoms with E-state index in [-0.39, 0.29) is 0 Å². The number of aromatic nitrogens is 2. The Bertz CT molecular complexity index is 335. The van der Waals surface area contributed by atoms with E-state index < -0.39 is 0 Å². The van der Waals surface area contributed by atoms with Crippen LogP contribution in [0.3, 0.4) is 0 Å². The van der Waals surface area contributed by atoms with Crippen molar-refractivity contribution in [3.05, 3.63) is 18.1 Å². The topological polar surface area (TPSA) is 64.3 Å². The molecule has 2 N–H and O–H groups in total. The number of hydrogen-bond donors (Lipinski definition) is 1. The standard InChI is InChI=1S/C12H20N4O/c1-16(7-10-3-2-4-17-9-10)8-11-5-15-12(13)6-14-11/h5-6,10H,2-4,7-9H2,1H3,(H2,13,15). The first-order valence-corrected chi connectivity index (χ1v) is 6.06. The van der Waals surface area contributed by atoms with Gasteiger partial charge >= 0.3 is 0 Å². The third-order valence-electron chi connectivity index (χ3n) is 2.98. The molecule has 1 fully saturated rings. The summed E-state index contributed by atoms with van der Waals surface area (Å²) >= 11 is 0. The van der Waals surface area contributed by atoms with E-state index in [1.807, 2.05) is 0 Å². The average molecular weight is 236 g/mol. The van der Waals surface area contributed by atoms with Crippen LogP contribution in [0.4, 0.5) is 5.82 Å². The molecule has 2 rings (SSSR count). The van der Waals surface area contributed by atoms with Crippen molar-refractivity contribution in [3.63, 3.8) is 0 Å². The zero-order valence-electron chi connectivity index (χ0n) is 10.3. The minimum Gasteiger partial charge on any atom is -0.382 e. The van der Waals surface area contributed by atoms with E-state index in [0.29, 0.717) is 11.7 Å². The summed E-state index contributed by atoms with van der Waals surface area (Å²) in [4.78, 5) is 10.6. The molecule has 5 nitrogen and oxygen atoms in total. The molecule has 1 aromatic rings. The van der Waals surface area contributed by atoms with Crippen LogP contribution < -0.4 is 5.73 Å². The van der Waals surface area contributed by atoms with Crippen LogP contribution in [0, 0.1) is 5.92 Å². The molecule has 1 unspecified atom stereocenters. The van der Waals surface area contributed by atoms with E-state index in [9.17, 15) is 0 Å². The van der Waals surface area contributed by atoms with Crippen molar-refractivity contribution in [1.29, 1.82) is 0 Å². The van der Waals surface area contributed by atoms with Crippen LogP contribution >= 0.6 is 0 Å². The fraction of sp³-hybridized carbons (Fsp3) is 0.667. The van der Waals surface area contributed by atoms with Gasteiger partial charge < -0.3 is 15.4 Å². The van der Waals surface area contributed by atoms with Crippen molar-refractivity contribution in [2.75, 3.05) is 32.5 Å². The Morgan fingerprint density at radius 1 is 1.47 bits per heavy atom. The van der Waals surface area contributed by atoms with Gasteiger partial charge in [0.1, 0.15) is 5.82 Å². The Labute approximate surface area is 102 Å². The second kappa shape index (κ2) is 5.93. The smallest absolute Gasteiger partial charge is 0.141 e. The maximum absolute atomic E-state index is 5.50. The lowest BCUT2D eigenvalue weighted by Gasteiger charge is -2.26. The SMILES string of the molecule is CN(Cc1cnc(N)cn1)CC1CCCOC1. The van der Waals surface area contributed by atoms with Crippen LogP contribution in [0.15, 0.2) is 12.4 Å². The molecule has 1 aliphatic rings. The van der Waals surface area contributed by atoms with Crippen molar-refractivity contribution in [1.82, 2.24) is 14.9 Å². The molecular weight excluding hydrogens is 216 g/mol. The van der Waals surface area contributed by atoms with Gasteiger partial charge in [-0.05, 0) is 25.8 Å². The molecule has 0 aromatic carbocycles. The molecule has 0 saturated carbocycles. The van der Waals surface area contributed by atoms with Crippen LogP contribution in [-0.4, -0.2) is 41.7 Å². The molecule has 0 spiro atoms. The summed E-state index contributed by atoms with van der Waals surface area (Å²) in [6.45, 7) is 3.66. The van der Waals surface area contributed by atoms with E-state index in [4.69, 9.17) is 10.5 Å². The summed E-state index contributed by atoms with van der Waals surface area (Å²) in [6, 6.07) is 0. The van der Waals surface area contributed by atoms with Crippen LogP contribution in [0.1, 0.15) is 18.5 Å². The van der Waals surface area contributed by atoms with Crippen molar-refractivity contribution in [3.8, 4) is 0 Å². The molecule has 2 heterocycles. The molecule has 0 bridgehead atoms. The van der Waals surface area contributed by atoms with Gasteiger partial charge in [0.15, 0.2) is 0 Å². The summed E-state index contributed by atoms with van der Waals surface area (Å²) in [5.41, 5.74) is 6.46. The first-order valence-electron chi connectivity index (χ1n) is 6.06. The molecular formula is C12H20N4O. The number of anilines is 1. The van der Waals surface area contributed by atoms with Crippen LogP contribution in [0.2, 0.25) is 0 Å². The van der Waals surface area contributed by atoms with E-state index >= 15 is 0 Å². The maximum atomic E-state index is 5.50. The molecule has 1 aromatic heterocycles. The Morgan fingerprint density at radius 2 is 2.35 bits per heavy atom. The van der Waals surface area contributed by atoms with Gasteiger partial charge in [0, 0.05) is 19.7 Å². The minimum absolute atomic E-state index is 0.470. The van der Waals surface area contributed by atoms with Gasteiger partial charge in [-0.15, -0.1) is 0 Å². The lowest BCUT2D eigenvalue weighted by molar-refractivity contribution is 0.0410. The summed E-state index contributed by atoms with van der Waals surface area (Å²) in [5, 5.41) is 0. The normalized spacial score (nSPS) is 20.7. The van der Waals surface area contributed by atoms with Gasteiger partial charge in [-0.1, -0.05) is 0 Å². The largest absolute Gasteiger partial charge is 0.382 e. The summed E-state index contributed by atoms with van der Waals surface area (Å²) in [7, 11) is 2.10. The van der Waals surface area contributed by atoms with Gasteiger partial charge in [-0.3, -0.25) is 4.98 Å². The van der Waals surface area contributed by atoms with E-state index in [1.165, 1.54) is 12.8 Å². The van der Waals surface area contributed by atoms with Gasteiger partial charge in [0.2, 0.25) is 0 Å². The van der Waals surface area contributed by atoms with E-state index in [0.717, 1.165) is 32.0 Å². The van der Waals surface area contributed by atoms with Crippen molar-refractivity contribution >= 4 is 5.82 Å². The maximum Gasteiger partial charge on any atom is 0.141 e. The molecule has 0 radical (unpaired) electrons. The van der Waals surface area contributed by atoms with Crippen LogP contribution in [0.5, 0.6) is 0 Å². The summed E-state index contributed by atoms with van der Waals surface area (Å²) in [5.74, 6) is 1.12. The molecule has 1 aliphatic heterocycles. The number of ether oxygens (including phenoxy) is 1. The number of nitrogens with zero attached hydrogens (tertiary/aromatic N) is 3. The first kappa shape index (κ1) is 12.3. The Balaban J connectivity index is 1.79. The van der Waals surface area contributed by atoms with Crippen molar-refractivity contribution in [2.45, 2.75) is 19.4 Å². The van der Waals surface area contributed by atoms with Crippen LogP contribution in [0.25, 0.3) is 0 Å². The lowest BCUT2D eigenvalue weighted by atomic mass is 10.0. The lowest BCUT2D eigenvalue weighted by Crippen LogP contribution is -2.30. The highest BCUT2D eigenvalue weighted by atomic mass is 16.5. The fourth-order valence-corrected chi connectivity index (χ4v) is 2.18. The fourth-order valence-electron chi connectivity index (χ4n) is 2.18. The van der Waals surface area contributed by atoms with Gasteiger partial charge in [0.25, 0.3) is 0 Å². The highest BCUT2D eigenvalue weighted by Crippen LogP contribution is 2.15. The highest BCUT2D eigenvalue weighted by Gasteiger charge is 2.16. The van der Waals surface area contributed by atoms with Gasteiger partial charge in [-0.25, -0.2) is 4.98 Å². The van der Waals surface area contributed by atoms with E-state index in [2.05, 4.69) is 21.9 Å². The van der Waals surface area contributed by atoms with Gasteiger partial charge in [-0.2, -0.15) is 0 Å². The van der Waals surface area contributed by atoms with Crippen molar-refractivity contribution in [2.24, 2.45) is 5.92 Å². The number of nitrogen functional groups attached to an aromatic ring is 1. The third kappa shape index (κ3) is 3.94.